The first-order chi connectivity index (χ1) is 9.11. The van der Waals surface area contributed by atoms with Gasteiger partial charge in [-0.2, -0.15) is 0 Å². The van der Waals surface area contributed by atoms with Gasteiger partial charge >= 0.3 is 0 Å². The number of nitrogen functional groups attached to an aromatic ring is 1. The fourth-order valence-corrected chi connectivity index (χ4v) is 1.94. The molecule has 1 amide bonds. The first-order valence-corrected chi connectivity index (χ1v) is 6.26. The van der Waals surface area contributed by atoms with Crippen molar-refractivity contribution in [2.75, 3.05) is 18.2 Å². The molecule has 3 N–H and O–H groups in total. The number of aromatic nitrogens is 1. The van der Waals surface area contributed by atoms with Gasteiger partial charge in [0.15, 0.2) is 0 Å². The summed E-state index contributed by atoms with van der Waals surface area (Å²) in [6, 6.07) is 8.61. The number of carbonyl (C=O) groups excluding carboxylic acids is 1. The zero-order chi connectivity index (χ0) is 13.8. The molecule has 0 spiro atoms. The molecule has 0 unspecified atom stereocenters. The number of hydrogen-bond acceptors (Lipinski definition) is 4. The Kier molecular flexibility index (Phi) is 4.01. The van der Waals surface area contributed by atoms with Crippen LogP contribution in [0.15, 0.2) is 41.0 Å². The van der Waals surface area contributed by atoms with Crippen LogP contribution in [-0.2, 0) is 0 Å². The van der Waals surface area contributed by atoms with Crippen LogP contribution >= 0.6 is 15.9 Å². The summed E-state index contributed by atoms with van der Waals surface area (Å²) in [5, 5.41) is 2.75. The van der Waals surface area contributed by atoms with Crippen molar-refractivity contribution in [2.45, 2.75) is 0 Å². The van der Waals surface area contributed by atoms with E-state index in [-0.39, 0.29) is 11.7 Å². The van der Waals surface area contributed by atoms with Crippen molar-refractivity contribution in [3.05, 3.63) is 46.6 Å². The molecule has 0 saturated carbocycles. The van der Waals surface area contributed by atoms with E-state index in [1.807, 2.05) is 6.07 Å². The number of rotatable bonds is 3. The van der Waals surface area contributed by atoms with Gasteiger partial charge in [-0.25, -0.2) is 4.98 Å². The maximum Gasteiger partial charge on any atom is 0.259 e. The Morgan fingerprint density at radius 3 is 2.89 bits per heavy atom. The Morgan fingerprint density at radius 2 is 2.21 bits per heavy atom. The summed E-state index contributed by atoms with van der Waals surface area (Å²) >= 11 is 3.34. The average Bonchev–Trinajstić information content (AvgIpc) is 2.39. The second-order valence-corrected chi connectivity index (χ2v) is 4.65. The van der Waals surface area contributed by atoms with Gasteiger partial charge in [0, 0.05) is 10.7 Å². The van der Waals surface area contributed by atoms with Crippen molar-refractivity contribution < 1.29 is 9.53 Å². The molecule has 0 atom stereocenters. The van der Waals surface area contributed by atoms with Crippen molar-refractivity contribution >= 4 is 33.3 Å². The lowest BCUT2D eigenvalue weighted by atomic mass is 10.2. The van der Waals surface area contributed by atoms with E-state index in [4.69, 9.17) is 10.5 Å². The highest BCUT2D eigenvalue weighted by atomic mass is 79.9. The molecule has 1 heterocycles. The van der Waals surface area contributed by atoms with Crippen molar-refractivity contribution in [3.8, 4) is 5.75 Å². The molecule has 1 aromatic heterocycles. The van der Waals surface area contributed by atoms with Crippen molar-refractivity contribution in [3.63, 3.8) is 0 Å². The third kappa shape index (κ3) is 3.03. The third-order valence-electron chi connectivity index (χ3n) is 2.49. The second-order valence-electron chi connectivity index (χ2n) is 3.73. The van der Waals surface area contributed by atoms with E-state index < -0.39 is 0 Å². The minimum absolute atomic E-state index is 0.189. The first kappa shape index (κ1) is 13.4. The van der Waals surface area contributed by atoms with Crippen LogP contribution in [-0.4, -0.2) is 18.0 Å². The molecule has 98 valence electrons. The maximum atomic E-state index is 12.1. The van der Waals surface area contributed by atoms with E-state index in [2.05, 4.69) is 26.2 Å². The molecule has 0 fully saturated rings. The third-order valence-corrected chi connectivity index (χ3v) is 2.99. The number of pyridine rings is 1. The summed E-state index contributed by atoms with van der Waals surface area (Å²) in [4.78, 5) is 16.0. The fourth-order valence-electron chi connectivity index (χ4n) is 1.58. The lowest BCUT2D eigenvalue weighted by molar-refractivity contribution is 0.102. The van der Waals surface area contributed by atoms with Gasteiger partial charge in [-0.15, -0.1) is 0 Å². The summed E-state index contributed by atoms with van der Waals surface area (Å²) in [6.07, 6.45) is 1.53. The lowest BCUT2D eigenvalue weighted by Gasteiger charge is -2.11. The maximum absolute atomic E-state index is 12.1. The van der Waals surface area contributed by atoms with Gasteiger partial charge in [-0.05, 0) is 30.3 Å². The van der Waals surface area contributed by atoms with Crippen LogP contribution in [0, 0.1) is 0 Å². The van der Waals surface area contributed by atoms with Crippen molar-refractivity contribution in [2.24, 2.45) is 0 Å². The summed E-state index contributed by atoms with van der Waals surface area (Å²) in [5.41, 5.74) is 6.55. The van der Waals surface area contributed by atoms with Gasteiger partial charge in [0.2, 0.25) is 0 Å². The summed E-state index contributed by atoms with van der Waals surface area (Å²) in [6.45, 7) is 0. The molecule has 19 heavy (non-hydrogen) atoms. The molecule has 6 heteroatoms. The van der Waals surface area contributed by atoms with E-state index in [0.29, 0.717) is 17.0 Å². The van der Waals surface area contributed by atoms with Crippen LogP contribution in [0.2, 0.25) is 0 Å². The van der Waals surface area contributed by atoms with Crippen LogP contribution in [0.4, 0.5) is 11.5 Å². The van der Waals surface area contributed by atoms with Gasteiger partial charge in [0.05, 0.1) is 18.4 Å². The molecule has 0 radical (unpaired) electrons. The van der Waals surface area contributed by atoms with Gasteiger partial charge in [-0.3, -0.25) is 4.79 Å². The number of nitrogens with zero attached hydrogens (tertiary/aromatic N) is 1. The predicted octanol–water partition coefficient (Wildman–Crippen LogP) is 2.69. The molecule has 0 aliphatic heterocycles. The van der Waals surface area contributed by atoms with Crippen LogP contribution in [0.3, 0.4) is 0 Å². The van der Waals surface area contributed by atoms with E-state index in [0.717, 1.165) is 4.47 Å². The highest BCUT2D eigenvalue weighted by Crippen LogP contribution is 2.28. The molecule has 2 aromatic rings. The van der Waals surface area contributed by atoms with Gasteiger partial charge in [-0.1, -0.05) is 15.9 Å². The number of amides is 1. The number of anilines is 2. The molecule has 0 aliphatic carbocycles. The van der Waals surface area contributed by atoms with E-state index in [1.54, 1.807) is 24.3 Å². The number of hydrogen-bond donors (Lipinski definition) is 2. The van der Waals surface area contributed by atoms with E-state index in [9.17, 15) is 4.79 Å². The molecule has 0 bridgehead atoms. The Labute approximate surface area is 118 Å². The Bertz CT molecular complexity index is 617. The lowest BCUT2D eigenvalue weighted by Crippen LogP contribution is -2.15. The SMILES string of the molecule is COc1ccc(Br)cc1NC(=O)c1cccnc1N. The smallest absolute Gasteiger partial charge is 0.259 e. The molecular formula is C13H12BrN3O2. The van der Waals surface area contributed by atoms with Gasteiger partial charge in [0.25, 0.3) is 5.91 Å². The van der Waals surface area contributed by atoms with Crippen LogP contribution in [0.25, 0.3) is 0 Å². The summed E-state index contributed by atoms with van der Waals surface area (Å²) in [7, 11) is 1.54. The average molecular weight is 322 g/mol. The van der Waals surface area contributed by atoms with Gasteiger partial charge in [0.1, 0.15) is 11.6 Å². The second kappa shape index (κ2) is 5.71. The molecule has 1 aromatic carbocycles. The largest absolute Gasteiger partial charge is 0.495 e. The minimum atomic E-state index is -0.331. The number of ether oxygens (including phenoxy) is 1. The molecular weight excluding hydrogens is 310 g/mol. The monoisotopic (exact) mass is 321 g/mol. The standard InChI is InChI=1S/C13H12BrN3O2/c1-19-11-5-4-8(14)7-10(11)17-13(18)9-3-2-6-16-12(9)15/h2-7H,1H3,(H2,15,16)(H,17,18). The van der Waals surface area contributed by atoms with Crippen LogP contribution in [0.1, 0.15) is 10.4 Å². The van der Waals surface area contributed by atoms with Crippen molar-refractivity contribution in [1.29, 1.82) is 0 Å². The fraction of sp³-hybridized carbons (Fsp3) is 0.0769. The quantitative estimate of drug-likeness (QED) is 0.911. The highest BCUT2D eigenvalue weighted by Gasteiger charge is 2.13. The highest BCUT2D eigenvalue weighted by molar-refractivity contribution is 9.10. The molecule has 0 aliphatic rings. The van der Waals surface area contributed by atoms with Crippen molar-refractivity contribution in [1.82, 2.24) is 4.98 Å². The Balaban J connectivity index is 2.29. The number of carbonyl (C=O) groups is 1. The Morgan fingerprint density at radius 1 is 1.42 bits per heavy atom. The zero-order valence-corrected chi connectivity index (χ0v) is 11.8. The summed E-state index contributed by atoms with van der Waals surface area (Å²) in [5.74, 6) is 0.426. The summed E-state index contributed by atoms with van der Waals surface area (Å²) < 4.78 is 6.02. The van der Waals surface area contributed by atoms with Gasteiger partial charge < -0.3 is 15.8 Å². The number of nitrogens with two attached hydrogens (primary N) is 1. The normalized spacial score (nSPS) is 10.0. The van der Waals surface area contributed by atoms with E-state index in [1.165, 1.54) is 13.3 Å². The Hall–Kier alpha value is -2.08. The minimum Gasteiger partial charge on any atom is -0.495 e. The van der Waals surface area contributed by atoms with Crippen LogP contribution in [0.5, 0.6) is 5.75 Å². The number of methoxy groups -OCH3 is 1. The predicted molar refractivity (Wildman–Crippen MR) is 77.3 cm³/mol. The number of halogens is 1. The van der Waals surface area contributed by atoms with E-state index >= 15 is 0 Å². The zero-order valence-electron chi connectivity index (χ0n) is 10.2. The topological polar surface area (TPSA) is 77.2 Å². The number of nitrogens with one attached hydrogen (secondary N) is 1. The molecule has 5 nitrogen and oxygen atoms in total. The number of benzene rings is 1. The van der Waals surface area contributed by atoms with Crippen LogP contribution < -0.4 is 15.8 Å². The molecule has 0 saturated heterocycles. The molecule has 2 rings (SSSR count). The first-order valence-electron chi connectivity index (χ1n) is 5.47.